The highest BCUT2D eigenvalue weighted by atomic mass is 32.2. The molecule has 0 saturated carbocycles. The van der Waals surface area contributed by atoms with Crippen molar-refractivity contribution in [3.8, 4) is 0 Å². The number of carbonyl (C=O) groups is 2. The maximum absolute atomic E-state index is 12.3. The molecule has 1 aliphatic heterocycles. The minimum atomic E-state index is -3.07. The first kappa shape index (κ1) is 18.0. The maximum atomic E-state index is 12.3. The predicted molar refractivity (Wildman–Crippen MR) is 88.6 cm³/mol. The Morgan fingerprint density at radius 2 is 2.13 bits per heavy atom. The van der Waals surface area contributed by atoms with Gasteiger partial charge in [0.15, 0.2) is 9.84 Å². The lowest BCUT2D eigenvalue weighted by Crippen LogP contribution is -2.48. The van der Waals surface area contributed by atoms with E-state index >= 15 is 0 Å². The van der Waals surface area contributed by atoms with Crippen molar-refractivity contribution in [3.63, 3.8) is 0 Å². The molecule has 1 aliphatic carbocycles. The van der Waals surface area contributed by atoms with Crippen LogP contribution in [-0.4, -0.2) is 55.8 Å². The Kier molecular flexibility index (Phi) is 6.21. The highest BCUT2D eigenvalue weighted by molar-refractivity contribution is 7.91. The SMILES string of the molecule is CCN(C(=O)C(=O)NCCC1=CCCCC1)C1CCS(=O)(=O)C1. The van der Waals surface area contributed by atoms with Crippen molar-refractivity contribution >= 4 is 21.7 Å². The van der Waals surface area contributed by atoms with E-state index in [4.69, 9.17) is 0 Å². The molecule has 6 nitrogen and oxygen atoms in total. The fourth-order valence-electron chi connectivity index (χ4n) is 3.26. The molecule has 1 fully saturated rings. The van der Waals surface area contributed by atoms with Gasteiger partial charge in [-0.1, -0.05) is 11.6 Å². The fraction of sp³-hybridized carbons (Fsp3) is 0.750. The number of hydrogen-bond acceptors (Lipinski definition) is 4. The van der Waals surface area contributed by atoms with Crippen molar-refractivity contribution in [2.75, 3.05) is 24.6 Å². The van der Waals surface area contributed by atoms with Crippen molar-refractivity contribution < 1.29 is 18.0 Å². The number of sulfone groups is 1. The lowest BCUT2D eigenvalue weighted by Gasteiger charge is -2.26. The van der Waals surface area contributed by atoms with Crippen LogP contribution in [0.4, 0.5) is 0 Å². The van der Waals surface area contributed by atoms with Gasteiger partial charge >= 0.3 is 11.8 Å². The first-order valence-electron chi connectivity index (χ1n) is 8.40. The summed E-state index contributed by atoms with van der Waals surface area (Å²) in [7, 11) is -3.07. The summed E-state index contributed by atoms with van der Waals surface area (Å²) < 4.78 is 23.1. The summed E-state index contributed by atoms with van der Waals surface area (Å²) in [4.78, 5) is 25.7. The van der Waals surface area contributed by atoms with E-state index in [1.807, 2.05) is 0 Å². The van der Waals surface area contributed by atoms with Crippen LogP contribution in [0.3, 0.4) is 0 Å². The Morgan fingerprint density at radius 3 is 2.70 bits per heavy atom. The highest BCUT2D eigenvalue weighted by Crippen LogP contribution is 2.20. The largest absolute Gasteiger partial charge is 0.348 e. The summed E-state index contributed by atoms with van der Waals surface area (Å²) in [6, 6.07) is -0.371. The van der Waals surface area contributed by atoms with Gasteiger partial charge in [-0.25, -0.2) is 8.42 Å². The molecule has 1 N–H and O–H groups in total. The lowest BCUT2D eigenvalue weighted by molar-refractivity contribution is -0.146. The van der Waals surface area contributed by atoms with Gasteiger partial charge in [-0.15, -0.1) is 0 Å². The number of nitrogens with one attached hydrogen (secondary N) is 1. The molecule has 0 radical (unpaired) electrons. The van der Waals surface area contributed by atoms with Crippen LogP contribution in [0, 0.1) is 0 Å². The summed E-state index contributed by atoms with van der Waals surface area (Å²) >= 11 is 0. The number of carbonyl (C=O) groups excluding carboxylic acids is 2. The molecule has 1 unspecified atom stereocenters. The van der Waals surface area contributed by atoms with E-state index in [2.05, 4.69) is 11.4 Å². The van der Waals surface area contributed by atoms with Gasteiger partial charge < -0.3 is 10.2 Å². The molecule has 1 atom stereocenters. The zero-order valence-electron chi connectivity index (χ0n) is 13.7. The third-order valence-corrected chi connectivity index (χ3v) is 6.31. The van der Waals surface area contributed by atoms with Gasteiger partial charge in [0.2, 0.25) is 0 Å². The third kappa shape index (κ3) is 5.06. The second-order valence-electron chi connectivity index (χ2n) is 6.26. The first-order chi connectivity index (χ1) is 10.9. The van der Waals surface area contributed by atoms with Gasteiger partial charge in [0.25, 0.3) is 0 Å². The van der Waals surface area contributed by atoms with E-state index in [0.717, 1.165) is 19.3 Å². The first-order valence-corrected chi connectivity index (χ1v) is 10.2. The summed E-state index contributed by atoms with van der Waals surface area (Å²) in [5.74, 6) is -1.19. The third-order valence-electron chi connectivity index (χ3n) is 4.56. The van der Waals surface area contributed by atoms with Crippen molar-refractivity contribution in [3.05, 3.63) is 11.6 Å². The summed E-state index contributed by atoms with van der Waals surface area (Å²) in [5.41, 5.74) is 1.35. The normalized spacial score (nSPS) is 23.2. The van der Waals surface area contributed by atoms with Crippen LogP contribution in [0.25, 0.3) is 0 Å². The van der Waals surface area contributed by atoms with Crippen LogP contribution in [0.5, 0.6) is 0 Å². The molecule has 130 valence electrons. The molecule has 2 rings (SSSR count). The smallest absolute Gasteiger partial charge is 0.312 e. The second-order valence-corrected chi connectivity index (χ2v) is 8.49. The zero-order chi connectivity index (χ0) is 16.9. The molecular formula is C16H26N2O4S. The van der Waals surface area contributed by atoms with Crippen LogP contribution in [0.2, 0.25) is 0 Å². The van der Waals surface area contributed by atoms with Gasteiger partial charge in [-0.2, -0.15) is 0 Å². The molecule has 0 aromatic heterocycles. The van der Waals surface area contributed by atoms with E-state index in [1.54, 1.807) is 6.92 Å². The Labute approximate surface area is 138 Å². The average Bonchev–Trinajstić information content (AvgIpc) is 2.88. The zero-order valence-corrected chi connectivity index (χ0v) is 14.5. The van der Waals surface area contributed by atoms with Crippen molar-refractivity contribution in [2.45, 2.75) is 51.5 Å². The maximum Gasteiger partial charge on any atom is 0.312 e. The summed E-state index contributed by atoms with van der Waals surface area (Å²) in [6.07, 6.45) is 8.01. The van der Waals surface area contributed by atoms with E-state index in [9.17, 15) is 18.0 Å². The summed E-state index contributed by atoms with van der Waals surface area (Å²) in [5, 5.41) is 2.67. The Balaban J connectivity index is 1.82. The van der Waals surface area contributed by atoms with E-state index in [1.165, 1.54) is 23.3 Å². The topological polar surface area (TPSA) is 83.6 Å². The average molecular weight is 342 g/mol. The molecule has 0 spiro atoms. The van der Waals surface area contributed by atoms with Gasteiger partial charge in [0.05, 0.1) is 11.5 Å². The van der Waals surface area contributed by atoms with Crippen LogP contribution >= 0.6 is 0 Å². The van der Waals surface area contributed by atoms with Gasteiger partial charge in [0, 0.05) is 19.1 Å². The molecular weight excluding hydrogens is 316 g/mol. The number of likely N-dealkylation sites (N-methyl/N-ethyl adjacent to an activating group) is 1. The molecule has 7 heteroatoms. The van der Waals surface area contributed by atoms with Gasteiger partial charge in [-0.3, -0.25) is 9.59 Å². The molecule has 0 bridgehead atoms. The van der Waals surface area contributed by atoms with E-state index in [0.29, 0.717) is 19.5 Å². The van der Waals surface area contributed by atoms with Crippen molar-refractivity contribution in [2.24, 2.45) is 0 Å². The molecule has 2 aliphatic rings. The van der Waals surface area contributed by atoms with Crippen LogP contribution in [-0.2, 0) is 19.4 Å². The Morgan fingerprint density at radius 1 is 1.35 bits per heavy atom. The van der Waals surface area contributed by atoms with E-state index < -0.39 is 21.7 Å². The molecule has 0 aromatic carbocycles. The second kappa shape index (κ2) is 7.95. The van der Waals surface area contributed by atoms with E-state index in [-0.39, 0.29) is 17.5 Å². The summed E-state index contributed by atoms with van der Waals surface area (Å²) in [6.45, 7) is 2.57. The number of nitrogens with zero attached hydrogens (tertiary/aromatic N) is 1. The van der Waals surface area contributed by atoms with Crippen LogP contribution < -0.4 is 5.32 Å². The predicted octanol–water partition coefficient (Wildman–Crippen LogP) is 1.03. The fourth-order valence-corrected chi connectivity index (χ4v) is 4.99. The van der Waals surface area contributed by atoms with Gasteiger partial charge in [-0.05, 0) is 45.4 Å². The Hall–Kier alpha value is -1.37. The standard InChI is InChI=1S/C16H26N2O4S/c1-2-18(14-9-11-23(21,22)12-14)16(20)15(19)17-10-8-13-6-4-3-5-7-13/h6,14H,2-5,7-12H2,1H3,(H,17,19). The monoisotopic (exact) mass is 342 g/mol. The molecule has 2 amide bonds. The quantitative estimate of drug-likeness (QED) is 0.597. The minimum absolute atomic E-state index is 0.0350. The number of rotatable bonds is 5. The highest BCUT2D eigenvalue weighted by Gasteiger charge is 2.35. The molecule has 1 heterocycles. The van der Waals surface area contributed by atoms with Crippen LogP contribution in [0.15, 0.2) is 11.6 Å². The van der Waals surface area contributed by atoms with Crippen LogP contribution in [0.1, 0.15) is 45.4 Å². The van der Waals surface area contributed by atoms with Crippen molar-refractivity contribution in [1.82, 2.24) is 10.2 Å². The Bertz CT molecular complexity index is 583. The number of hydrogen-bond donors (Lipinski definition) is 1. The number of amides is 2. The molecule has 1 saturated heterocycles. The molecule has 23 heavy (non-hydrogen) atoms. The van der Waals surface area contributed by atoms with Crippen molar-refractivity contribution in [1.29, 1.82) is 0 Å². The van der Waals surface area contributed by atoms with Gasteiger partial charge in [0.1, 0.15) is 0 Å². The minimum Gasteiger partial charge on any atom is -0.348 e. The lowest BCUT2D eigenvalue weighted by atomic mass is 9.97. The number of allylic oxidation sites excluding steroid dienone is 1. The molecule has 0 aromatic rings.